The Morgan fingerprint density at radius 1 is 1.57 bits per heavy atom. The summed E-state index contributed by atoms with van der Waals surface area (Å²) in [5.41, 5.74) is 0. The SMILES string of the molecule is CC(C)Oc1cc(C(=O)N(C)C)on1. The maximum atomic E-state index is 11.4. The Morgan fingerprint density at radius 2 is 2.21 bits per heavy atom. The van der Waals surface area contributed by atoms with Gasteiger partial charge in [-0.15, -0.1) is 0 Å². The first-order chi connectivity index (χ1) is 6.50. The Kier molecular flexibility index (Phi) is 3.11. The van der Waals surface area contributed by atoms with Crippen LogP contribution in [-0.4, -0.2) is 36.2 Å². The van der Waals surface area contributed by atoms with Crippen molar-refractivity contribution >= 4 is 5.91 Å². The molecule has 0 aliphatic rings. The van der Waals surface area contributed by atoms with Crippen LogP contribution in [0.3, 0.4) is 0 Å². The lowest BCUT2D eigenvalue weighted by Crippen LogP contribution is -2.20. The second-order valence-electron chi connectivity index (χ2n) is 3.40. The number of hydrogen-bond donors (Lipinski definition) is 0. The van der Waals surface area contributed by atoms with E-state index < -0.39 is 0 Å². The van der Waals surface area contributed by atoms with Gasteiger partial charge in [-0.2, -0.15) is 0 Å². The van der Waals surface area contributed by atoms with Crippen LogP contribution < -0.4 is 4.74 Å². The molecule has 5 nitrogen and oxygen atoms in total. The Bertz CT molecular complexity index is 318. The Morgan fingerprint density at radius 3 is 2.71 bits per heavy atom. The molecule has 0 aliphatic heterocycles. The third-order valence-corrected chi connectivity index (χ3v) is 1.46. The van der Waals surface area contributed by atoms with Crippen molar-refractivity contribution in [1.82, 2.24) is 10.1 Å². The monoisotopic (exact) mass is 198 g/mol. The zero-order chi connectivity index (χ0) is 10.7. The maximum absolute atomic E-state index is 11.4. The number of rotatable bonds is 3. The van der Waals surface area contributed by atoms with Crippen LogP contribution in [0.25, 0.3) is 0 Å². The van der Waals surface area contributed by atoms with E-state index in [9.17, 15) is 4.79 Å². The summed E-state index contributed by atoms with van der Waals surface area (Å²) >= 11 is 0. The van der Waals surface area contributed by atoms with Crippen molar-refractivity contribution < 1.29 is 14.1 Å². The summed E-state index contributed by atoms with van der Waals surface area (Å²) in [6.45, 7) is 3.75. The number of nitrogens with zero attached hydrogens (tertiary/aromatic N) is 2. The van der Waals surface area contributed by atoms with Crippen LogP contribution in [0.1, 0.15) is 24.4 Å². The number of ether oxygens (including phenoxy) is 1. The summed E-state index contributed by atoms with van der Waals surface area (Å²) in [4.78, 5) is 12.8. The van der Waals surface area contributed by atoms with Crippen LogP contribution >= 0.6 is 0 Å². The molecule has 0 aromatic carbocycles. The highest BCUT2D eigenvalue weighted by Gasteiger charge is 2.15. The molecule has 5 heteroatoms. The number of carbonyl (C=O) groups excluding carboxylic acids is 1. The predicted molar refractivity (Wildman–Crippen MR) is 50.3 cm³/mol. The van der Waals surface area contributed by atoms with E-state index in [0.29, 0.717) is 5.88 Å². The van der Waals surface area contributed by atoms with Gasteiger partial charge < -0.3 is 14.2 Å². The van der Waals surface area contributed by atoms with E-state index in [2.05, 4.69) is 5.16 Å². The van der Waals surface area contributed by atoms with Crippen molar-refractivity contribution in [1.29, 1.82) is 0 Å². The number of amides is 1. The van der Waals surface area contributed by atoms with Gasteiger partial charge in [0.05, 0.1) is 12.2 Å². The van der Waals surface area contributed by atoms with E-state index >= 15 is 0 Å². The van der Waals surface area contributed by atoms with Crippen molar-refractivity contribution in [3.63, 3.8) is 0 Å². The third-order valence-electron chi connectivity index (χ3n) is 1.46. The normalized spacial score (nSPS) is 10.4. The molecule has 14 heavy (non-hydrogen) atoms. The fourth-order valence-electron chi connectivity index (χ4n) is 0.877. The molecule has 0 aliphatic carbocycles. The lowest BCUT2D eigenvalue weighted by molar-refractivity contribution is 0.0786. The van der Waals surface area contributed by atoms with Crippen LogP contribution in [0, 0.1) is 0 Å². The highest BCUT2D eigenvalue weighted by molar-refractivity contribution is 5.91. The Balaban J connectivity index is 2.73. The minimum atomic E-state index is -0.226. The first-order valence-electron chi connectivity index (χ1n) is 4.35. The van der Waals surface area contributed by atoms with Gasteiger partial charge in [0.25, 0.3) is 11.8 Å². The number of carbonyl (C=O) groups is 1. The lowest BCUT2D eigenvalue weighted by atomic mass is 10.4. The maximum Gasteiger partial charge on any atom is 0.292 e. The standard InChI is InChI=1S/C9H14N2O3/c1-6(2)13-8-5-7(14-10-8)9(12)11(3)4/h5-6H,1-4H3. The zero-order valence-corrected chi connectivity index (χ0v) is 8.77. The fourth-order valence-corrected chi connectivity index (χ4v) is 0.877. The molecule has 1 amide bonds. The van der Waals surface area contributed by atoms with Crippen molar-refractivity contribution in [3.05, 3.63) is 11.8 Å². The van der Waals surface area contributed by atoms with Crippen LogP contribution in [0.15, 0.2) is 10.6 Å². The van der Waals surface area contributed by atoms with Crippen molar-refractivity contribution in [2.24, 2.45) is 0 Å². The largest absolute Gasteiger partial charge is 0.473 e. The second kappa shape index (κ2) is 4.13. The summed E-state index contributed by atoms with van der Waals surface area (Å²) in [7, 11) is 3.29. The smallest absolute Gasteiger partial charge is 0.292 e. The van der Waals surface area contributed by atoms with E-state index in [4.69, 9.17) is 9.26 Å². The van der Waals surface area contributed by atoms with Crippen molar-refractivity contribution in [2.75, 3.05) is 14.1 Å². The molecular weight excluding hydrogens is 184 g/mol. The van der Waals surface area contributed by atoms with Gasteiger partial charge >= 0.3 is 0 Å². The lowest BCUT2D eigenvalue weighted by Gasteiger charge is -2.05. The van der Waals surface area contributed by atoms with Gasteiger partial charge in [0.1, 0.15) is 0 Å². The van der Waals surface area contributed by atoms with Crippen LogP contribution in [0.2, 0.25) is 0 Å². The molecule has 0 atom stereocenters. The van der Waals surface area contributed by atoms with Gasteiger partial charge in [0.15, 0.2) is 0 Å². The zero-order valence-electron chi connectivity index (χ0n) is 8.77. The van der Waals surface area contributed by atoms with Crippen molar-refractivity contribution in [2.45, 2.75) is 20.0 Å². The molecule has 0 bridgehead atoms. The van der Waals surface area contributed by atoms with Crippen molar-refractivity contribution in [3.8, 4) is 5.88 Å². The molecule has 0 fully saturated rings. The van der Waals surface area contributed by atoms with Gasteiger partial charge in [-0.05, 0) is 19.0 Å². The highest BCUT2D eigenvalue weighted by atomic mass is 16.5. The van der Waals surface area contributed by atoms with Crippen LogP contribution in [0.5, 0.6) is 5.88 Å². The van der Waals surface area contributed by atoms with E-state index in [0.717, 1.165) is 0 Å². The van der Waals surface area contributed by atoms with Crippen LogP contribution in [0.4, 0.5) is 0 Å². The van der Waals surface area contributed by atoms with Gasteiger partial charge in [-0.25, -0.2) is 0 Å². The molecular formula is C9H14N2O3. The average molecular weight is 198 g/mol. The number of hydrogen-bond acceptors (Lipinski definition) is 4. The third kappa shape index (κ3) is 2.48. The summed E-state index contributed by atoms with van der Waals surface area (Å²) in [6.07, 6.45) is 0.0161. The molecule has 0 unspecified atom stereocenters. The van der Waals surface area contributed by atoms with Gasteiger partial charge in [-0.1, -0.05) is 0 Å². The highest BCUT2D eigenvalue weighted by Crippen LogP contribution is 2.13. The second-order valence-corrected chi connectivity index (χ2v) is 3.40. The quantitative estimate of drug-likeness (QED) is 0.731. The van der Waals surface area contributed by atoms with E-state index in [-0.39, 0.29) is 17.8 Å². The first kappa shape index (κ1) is 10.6. The summed E-state index contributed by atoms with van der Waals surface area (Å²) in [6, 6.07) is 1.49. The molecule has 0 saturated heterocycles. The molecule has 0 radical (unpaired) electrons. The fraction of sp³-hybridized carbons (Fsp3) is 0.556. The van der Waals surface area contributed by atoms with E-state index in [1.807, 2.05) is 13.8 Å². The molecule has 1 heterocycles. The summed E-state index contributed by atoms with van der Waals surface area (Å²) in [5.74, 6) is 0.298. The molecule has 1 rings (SSSR count). The topological polar surface area (TPSA) is 55.6 Å². The molecule has 1 aromatic rings. The summed E-state index contributed by atoms with van der Waals surface area (Å²) < 4.78 is 10.1. The van der Waals surface area contributed by atoms with E-state index in [1.165, 1.54) is 11.0 Å². The first-order valence-corrected chi connectivity index (χ1v) is 4.35. The van der Waals surface area contributed by atoms with Gasteiger partial charge in [0.2, 0.25) is 5.76 Å². The van der Waals surface area contributed by atoms with Crippen LogP contribution in [-0.2, 0) is 0 Å². The Hall–Kier alpha value is -1.52. The molecule has 78 valence electrons. The molecule has 0 N–H and O–H groups in total. The minimum Gasteiger partial charge on any atom is -0.473 e. The van der Waals surface area contributed by atoms with E-state index in [1.54, 1.807) is 14.1 Å². The average Bonchev–Trinajstić information content (AvgIpc) is 2.50. The number of aromatic nitrogens is 1. The molecule has 0 spiro atoms. The molecule has 1 aromatic heterocycles. The Labute approximate surface area is 82.6 Å². The minimum absolute atomic E-state index is 0.0161. The molecule has 0 saturated carbocycles. The predicted octanol–water partition coefficient (Wildman–Crippen LogP) is 1.16. The van der Waals surface area contributed by atoms with Gasteiger partial charge in [0, 0.05) is 14.1 Å². The van der Waals surface area contributed by atoms with Gasteiger partial charge in [-0.3, -0.25) is 4.79 Å². The summed E-state index contributed by atoms with van der Waals surface area (Å²) in [5, 5.41) is 3.62.